The maximum atomic E-state index is 8.59. The number of nitrogens with zero attached hydrogens (tertiary/aromatic N) is 4. The molecule has 0 aromatic carbocycles. The summed E-state index contributed by atoms with van der Waals surface area (Å²) in [5, 5.41) is 11.9. The summed E-state index contributed by atoms with van der Waals surface area (Å²) in [5.41, 5.74) is 0.312. The van der Waals surface area contributed by atoms with Gasteiger partial charge in [0.1, 0.15) is 18.0 Å². The number of nitrogens with one attached hydrogen (secondary N) is 1. The first-order valence-electron chi connectivity index (χ1n) is 6.56. The van der Waals surface area contributed by atoms with Crippen molar-refractivity contribution < 1.29 is 0 Å². The molecule has 1 rings (SSSR count). The number of rotatable bonds is 6. The number of anilines is 2. The molecule has 0 spiro atoms. The summed E-state index contributed by atoms with van der Waals surface area (Å²) in [6.07, 6.45) is 3.13. The van der Waals surface area contributed by atoms with E-state index in [0.717, 1.165) is 24.6 Å². The first-order chi connectivity index (χ1) is 8.92. The molecule has 0 radical (unpaired) electrons. The molecular weight excluding hydrogens is 238 g/mol. The Morgan fingerprint density at radius 2 is 2.11 bits per heavy atom. The molecule has 1 aromatic rings. The van der Waals surface area contributed by atoms with Crippen LogP contribution in [-0.4, -0.2) is 30.1 Å². The van der Waals surface area contributed by atoms with Crippen LogP contribution in [0.2, 0.25) is 0 Å². The number of hydrogen-bond donors (Lipinski definition) is 1. The molecule has 0 unspecified atom stereocenters. The molecule has 5 heteroatoms. The van der Waals surface area contributed by atoms with Gasteiger partial charge < -0.3 is 10.2 Å². The lowest BCUT2D eigenvalue weighted by Crippen LogP contribution is -2.20. The van der Waals surface area contributed by atoms with Gasteiger partial charge in [-0.3, -0.25) is 0 Å². The van der Waals surface area contributed by atoms with Gasteiger partial charge in [0, 0.05) is 26.2 Å². The van der Waals surface area contributed by atoms with Crippen molar-refractivity contribution in [3.63, 3.8) is 0 Å². The summed E-state index contributed by atoms with van der Waals surface area (Å²) >= 11 is 0. The molecule has 104 valence electrons. The third-order valence-electron chi connectivity index (χ3n) is 2.78. The molecule has 0 aliphatic carbocycles. The van der Waals surface area contributed by atoms with Gasteiger partial charge in [-0.1, -0.05) is 20.8 Å². The Bertz CT molecular complexity index is 430. The van der Waals surface area contributed by atoms with Crippen molar-refractivity contribution in [3.05, 3.63) is 12.4 Å². The smallest absolute Gasteiger partial charge is 0.133 e. The molecule has 0 aliphatic heterocycles. The minimum absolute atomic E-state index is 0.312. The van der Waals surface area contributed by atoms with Crippen LogP contribution in [0.1, 0.15) is 33.6 Å². The van der Waals surface area contributed by atoms with E-state index >= 15 is 0 Å². The maximum absolute atomic E-state index is 8.59. The van der Waals surface area contributed by atoms with Gasteiger partial charge in [0.15, 0.2) is 0 Å². The highest BCUT2D eigenvalue weighted by molar-refractivity contribution is 5.47. The van der Waals surface area contributed by atoms with Gasteiger partial charge in [-0.25, -0.2) is 9.97 Å². The second-order valence-corrected chi connectivity index (χ2v) is 5.83. The first-order valence-corrected chi connectivity index (χ1v) is 6.56. The van der Waals surface area contributed by atoms with Gasteiger partial charge in [-0.15, -0.1) is 0 Å². The molecule has 0 aliphatic rings. The van der Waals surface area contributed by atoms with Gasteiger partial charge in [-0.2, -0.15) is 5.26 Å². The Morgan fingerprint density at radius 1 is 1.37 bits per heavy atom. The zero-order chi connectivity index (χ0) is 14.3. The molecule has 0 saturated carbocycles. The molecule has 0 bridgehead atoms. The van der Waals surface area contributed by atoms with Crippen LogP contribution in [-0.2, 0) is 0 Å². The van der Waals surface area contributed by atoms with E-state index in [1.54, 1.807) is 6.33 Å². The van der Waals surface area contributed by atoms with E-state index in [1.807, 2.05) is 18.0 Å². The summed E-state index contributed by atoms with van der Waals surface area (Å²) in [5.74, 6) is 1.67. The minimum atomic E-state index is 0.312. The molecule has 5 nitrogen and oxygen atoms in total. The van der Waals surface area contributed by atoms with Gasteiger partial charge >= 0.3 is 0 Å². The zero-order valence-electron chi connectivity index (χ0n) is 12.3. The second kappa shape index (κ2) is 6.93. The van der Waals surface area contributed by atoms with Crippen LogP contribution in [0.3, 0.4) is 0 Å². The Kier molecular flexibility index (Phi) is 5.56. The van der Waals surface area contributed by atoms with Crippen LogP contribution in [0.5, 0.6) is 0 Å². The van der Waals surface area contributed by atoms with Crippen LogP contribution in [0.25, 0.3) is 0 Å². The monoisotopic (exact) mass is 261 g/mol. The molecule has 0 saturated heterocycles. The molecular formula is C14H23N5. The van der Waals surface area contributed by atoms with E-state index in [9.17, 15) is 0 Å². The van der Waals surface area contributed by atoms with Crippen molar-refractivity contribution in [1.82, 2.24) is 9.97 Å². The summed E-state index contributed by atoms with van der Waals surface area (Å²) in [6.45, 7) is 8.22. The largest absolute Gasteiger partial charge is 0.370 e. The Hall–Kier alpha value is -1.83. The summed E-state index contributed by atoms with van der Waals surface area (Å²) in [6, 6.07) is 4.05. The molecule has 1 heterocycles. The lowest BCUT2D eigenvalue weighted by molar-refractivity contribution is 0.389. The molecule has 1 aromatic heterocycles. The van der Waals surface area contributed by atoms with E-state index in [1.165, 1.54) is 0 Å². The van der Waals surface area contributed by atoms with E-state index in [2.05, 4.69) is 42.1 Å². The Balaban J connectivity index is 2.55. The molecule has 1 N–H and O–H groups in total. The predicted molar refractivity (Wildman–Crippen MR) is 78.1 cm³/mol. The second-order valence-electron chi connectivity index (χ2n) is 5.83. The van der Waals surface area contributed by atoms with Crippen molar-refractivity contribution in [2.45, 2.75) is 33.6 Å². The number of aromatic nitrogens is 2. The highest BCUT2D eigenvalue weighted by atomic mass is 15.2. The van der Waals surface area contributed by atoms with Crippen LogP contribution in [0, 0.1) is 16.7 Å². The van der Waals surface area contributed by atoms with E-state index in [0.29, 0.717) is 18.4 Å². The predicted octanol–water partition coefficient (Wildman–Crippen LogP) is 2.67. The normalized spacial score (nSPS) is 10.9. The fourth-order valence-corrected chi connectivity index (χ4v) is 1.55. The quantitative estimate of drug-likeness (QED) is 0.853. The molecule has 0 atom stereocenters. The lowest BCUT2D eigenvalue weighted by atomic mass is 9.92. The third-order valence-corrected chi connectivity index (χ3v) is 2.78. The first kappa shape index (κ1) is 15.2. The van der Waals surface area contributed by atoms with Gasteiger partial charge in [-0.05, 0) is 11.8 Å². The summed E-state index contributed by atoms with van der Waals surface area (Å²) in [7, 11) is 1.93. The fourth-order valence-electron chi connectivity index (χ4n) is 1.55. The minimum Gasteiger partial charge on any atom is -0.370 e. The average Bonchev–Trinajstić information content (AvgIpc) is 2.35. The molecule has 0 amide bonds. The van der Waals surface area contributed by atoms with Crippen molar-refractivity contribution in [2.24, 2.45) is 5.41 Å². The van der Waals surface area contributed by atoms with Gasteiger partial charge in [0.2, 0.25) is 0 Å². The highest BCUT2D eigenvalue weighted by Crippen LogP contribution is 2.19. The standard InChI is InChI=1S/C14H23N5/c1-14(2,3)6-8-16-12-10-13(18-11-17-12)19(4)9-5-7-15/h10-11H,5-6,8-9H2,1-4H3,(H,16,17,18). The van der Waals surface area contributed by atoms with Crippen molar-refractivity contribution >= 4 is 11.6 Å². The Labute approximate surface area is 115 Å². The van der Waals surface area contributed by atoms with Crippen LogP contribution in [0.15, 0.2) is 12.4 Å². The van der Waals surface area contributed by atoms with Crippen molar-refractivity contribution in [2.75, 3.05) is 30.4 Å². The van der Waals surface area contributed by atoms with Gasteiger partial charge in [0.25, 0.3) is 0 Å². The highest BCUT2D eigenvalue weighted by Gasteiger charge is 2.09. The fraction of sp³-hybridized carbons (Fsp3) is 0.643. The van der Waals surface area contributed by atoms with E-state index in [-0.39, 0.29) is 0 Å². The van der Waals surface area contributed by atoms with Crippen LogP contribution >= 0.6 is 0 Å². The van der Waals surface area contributed by atoms with Crippen molar-refractivity contribution in [3.8, 4) is 6.07 Å². The number of hydrogen-bond acceptors (Lipinski definition) is 5. The average molecular weight is 261 g/mol. The van der Waals surface area contributed by atoms with E-state index in [4.69, 9.17) is 5.26 Å². The summed E-state index contributed by atoms with van der Waals surface area (Å²) < 4.78 is 0. The van der Waals surface area contributed by atoms with Crippen LogP contribution < -0.4 is 10.2 Å². The SMILES string of the molecule is CN(CCC#N)c1cc(NCCC(C)(C)C)ncn1. The molecule has 19 heavy (non-hydrogen) atoms. The third kappa shape index (κ3) is 6.05. The molecule has 0 fully saturated rings. The Morgan fingerprint density at radius 3 is 2.74 bits per heavy atom. The summed E-state index contributed by atoms with van der Waals surface area (Å²) in [4.78, 5) is 10.4. The van der Waals surface area contributed by atoms with Crippen LogP contribution in [0.4, 0.5) is 11.6 Å². The maximum Gasteiger partial charge on any atom is 0.133 e. The van der Waals surface area contributed by atoms with Crippen molar-refractivity contribution in [1.29, 1.82) is 5.26 Å². The number of nitriles is 1. The topological polar surface area (TPSA) is 64.8 Å². The van der Waals surface area contributed by atoms with E-state index < -0.39 is 0 Å². The van der Waals surface area contributed by atoms with Gasteiger partial charge in [0.05, 0.1) is 12.5 Å². The lowest BCUT2D eigenvalue weighted by Gasteiger charge is -2.19. The zero-order valence-corrected chi connectivity index (χ0v) is 12.3.